The molecule has 0 fully saturated rings. The molecule has 2 aliphatic rings. The van der Waals surface area contributed by atoms with E-state index < -0.39 is 0 Å². The fourth-order valence-corrected chi connectivity index (χ4v) is 7.23. The van der Waals surface area contributed by atoms with Crippen LogP contribution in [-0.2, 0) is 13.0 Å². The number of aryl methyl sites for hydroxylation is 1. The van der Waals surface area contributed by atoms with Crippen molar-refractivity contribution in [2.75, 3.05) is 20.8 Å². The molecule has 1 aliphatic carbocycles. The molecule has 0 bridgehead atoms. The highest BCUT2D eigenvalue weighted by atomic mass is 32.1. The number of benzene rings is 4. The molecule has 4 aromatic carbocycles. The van der Waals surface area contributed by atoms with Crippen LogP contribution in [0.3, 0.4) is 0 Å². The summed E-state index contributed by atoms with van der Waals surface area (Å²) in [6.45, 7) is 2.87. The van der Waals surface area contributed by atoms with Crippen LogP contribution >= 0.6 is 11.3 Å². The van der Waals surface area contributed by atoms with Crippen LogP contribution in [0.2, 0.25) is 0 Å². The number of hydrogen-bond acceptors (Lipinski definition) is 7. The van der Waals surface area contributed by atoms with Gasteiger partial charge in [0.05, 0.1) is 37.1 Å². The summed E-state index contributed by atoms with van der Waals surface area (Å²) in [5, 5.41) is 0. The average Bonchev–Trinajstić information content (AvgIpc) is 3.40. The molecule has 46 heavy (non-hydrogen) atoms. The molecule has 7 nitrogen and oxygen atoms in total. The predicted molar refractivity (Wildman–Crippen MR) is 181 cm³/mol. The summed E-state index contributed by atoms with van der Waals surface area (Å²) >= 11 is 1.40. The van der Waals surface area contributed by atoms with Crippen LogP contribution in [-0.4, -0.2) is 25.4 Å². The van der Waals surface area contributed by atoms with E-state index in [4.69, 9.17) is 23.9 Å². The molecule has 0 radical (unpaired) electrons. The van der Waals surface area contributed by atoms with E-state index in [0.29, 0.717) is 45.5 Å². The summed E-state index contributed by atoms with van der Waals surface area (Å²) in [6, 6.07) is 29.8. The quantitative estimate of drug-likeness (QED) is 0.191. The van der Waals surface area contributed by atoms with Gasteiger partial charge in [-0.3, -0.25) is 9.36 Å². The molecule has 1 aliphatic heterocycles. The van der Waals surface area contributed by atoms with Gasteiger partial charge in [-0.15, -0.1) is 0 Å². The Morgan fingerprint density at radius 2 is 1.63 bits per heavy atom. The van der Waals surface area contributed by atoms with Crippen LogP contribution in [0.25, 0.3) is 11.8 Å². The van der Waals surface area contributed by atoms with E-state index in [1.54, 1.807) is 14.2 Å². The topological polar surface area (TPSA) is 71.3 Å². The Morgan fingerprint density at radius 1 is 0.848 bits per heavy atom. The predicted octanol–water partition coefficient (Wildman–Crippen LogP) is 6.31. The van der Waals surface area contributed by atoms with Crippen molar-refractivity contribution in [3.05, 3.63) is 144 Å². The summed E-state index contributed by atoms with van der Waals surface area (Å²) in [5.74, 6) is 2.55. The van der Waals surface area contributed by atoms with Gasteiger partial charge in [-0.05, 0) is 77.9 Å². The minimum Gasteiger partial charge on any atom is -0.493 e. The van der Waals surface area contributed by atoms with E-state index in [1.807, 2.05) is 90.4 Å². The first-order chi connectivity index (χ1) is 22.6. The van der Waals surface area contributed by atoms with Crippen molar-refractivity contribution in [1.29, 1.82) is 0 Å². The third-order valence-electron chi connectivity index (χ3n) is 8.40. The molecule has 0 spiro atoms. The Hall–Kier alpha value is -5.08. The maximum Gasteiger partial charge on any atom is 0.271 e. The second kappa shape index (κ2) is 12.7. The lowest BCUT2D eigenvalue weighted by molar-refractivity contribution is 0.269. The van der Waals surface area contributed by atoms with Crippen LogP contribution in [0.1, 0.15) is 47.2 Å². The summed E-state index contributed by atoms with van der Waals surface area (Å²) in [6.07, 6.45) is 3.61. The van der Waals surface area contributed by atoms with Gasteiger partial charge in [-0.2, -0.15) is 0 Å². The summed E-state index contributed by atoms with van der Waals surface area (Å²) in [4.78, 5) is 20.1. The normalized spacial score (nSPS) is 15.4. The van der Waals surface area contributed by atoms with Crippen molar-refractivity contribution in [2.24, 2.45) is 4.99 Å². The Balaban J connectivity index is 1.34. The van der Waals surface area contributed by atoms with Crippen LogP contribution in [0.15, 0.2) is 106 Å². The van der Waals surface area contributed by atoms with Crippen LogP contribution in [0.5, 0.6) is 23.0 Å². The fraction of sp³-hybridized carbons (Fsp3) is 0.211. The Morgan fingerprint density at radius 3 is 2.43 bits per heavy atom. The molecular weight excluding hydrogens is 596 g/mol. The molecule has 2 heterocycles. The smallest absolute Gasteiger partial charge is 0.271 e. The number of aromatic nitrogens is 1. The van der Waals surface area contributed by atoms with E-state index in [9.17, 15) is 4.79 Å². The monoisotopic (exact) mass is 630 g/mol. The highest BCUT2D eigenvalue weighted by Crippen LogP contribution is 2.43. The second-order valence-corrected chi connectivity index (χ2v) is 12.2. The molecule has 0 unspecified atom stereocenters. The number of allylic oxidation sites excluding steroid dienone is 1. The van der Waals surface area contributed by atoms with E-state index in [1.165, 1.54) is 16.9 Å². The zero-order chi connectivity index (χ0) is 31.6. The molecular formula is C38H34N2O5S. The van der Waals surface area contributed by atoms with Crippen molar-refractivity contribution in [3.8, 4) is 23.0 Å². The van der Waals surface area contributed by atoms with Crippen LogP contribution in [0.4, 0.5) is 0 Å². The Labute approximate surface area is 271 Å². The molecule has 0 N–H and O–H groups in total. The number of methoxy groups -OCH3 is 2. The molecule has 1 atom stereocenters. The maximum absolute atomic E-state index is 14.3. The first-order valence-corrected chi connectivity index (χ1v) is 16.2. The van der Waals surface area contributed by atoms with Crippen molar-refractivity contribution >= 4 is 23.1 Å². The number of rotatable bonds is 9. The van der Waals surface area contributed by atoms with Gasteiger partial charge in [0.15, 0.2) is 27.8 Å². The lowest BCUT2D eigenvalue weighted by atomic mass is 9.83. The zero-order valence-corrected chi connectivity index (χ0v) is 26.8. The third kappa shape index (κ3) is 5.49. The molecule has 0 saturated carbocycles. The minimum atomic E-state index is -0.325. The van der Waals surface area contributed by atoms with Gasteiger partial charge in [0, 0.05) is 5.56 Å². The Kier molecular flexibility index (Phi) is 8.20. The highest BCUT2D eigenvalue weighted by Gasteiger charge is 2.33. The van der Waals surface area contributed by atoms with Gasteiger partial charge in [-0.25, -0.2) is 4.99 Å². The average molecular weight is 631 g/mol. The maximum atomic E-state index is 14.3. The fourth-order valence-electron chi connectivity index (χ4n) is 6.23. The van der Waals surface area contributed by atoms with Crippen molar-refractivity contribution in [3.63, 3.8) is 0 Å². The van der Waals surface area contributed by atoms with Gasteiger partial charge in [0.2, 0.25) is 0 Å². The lowest BCUT2D eigenvalue weighted by Crippen LogP contribution is -2.38. The number of thiazole rings is 1. The second-order valence-electron chi connectivity index (χ2n) is 11.1. The molecule has 1 aromatic heterocycles. The minimum absolute atomic E-state index is 0.0868. The lowest BCUT2D eigenvalue weighted by Gasteiger charge is -2.31. The van der Waals surface area contributed by atoms with Crippen molar-refractivity contribution in [2.45, 2.75) is 32.4 Å². The molecule has 8 heteroatoms. The number of ether oxygens (including phenoxy) is 4. The zero-order valence-electron chi connectivity index (χ0n) is 26.0. The van der Waals surface area contributed by atoms with Gasteiger partial charge in [-0.1, -0.05) is 78.1 Å². The van der Waals surface area contributed by atoms with Gasteiger partial charge < -0.3 is 18.9 Å². The highest BCUT2D eigenvalue weighted by molar-refractivity contribution is 7.07. The van der Waals surface area contributed by atoms with E-state index in [0.717, 1.165) is 46.4 Å². The molecule has 0 saturated heterocycles. The standard InChI is InChI=1S/C38H34N2O5S/c1-4-44-33-20-25(14-18-31(33)45-23-24-10-6-5-7-11-24)21-34-37(41)40-36(27-16-19-30(42-2)32(22-27)43-3)29-17-15-26-12-8-9-13-28(26)35(29)39-38(40)46-34/h5-14,16,18-22,36H,4,15,17,23H2,1-3H3/b34-21+/t36-/m1/s1. The summed E-state index contributed by atoms with van der Waals surface area (Å²) in [7, 11) is 3.25. The molecule has 232 valence electrons. The third-order valence-corrected chi connectivity index (χ3v) is 9.38. The van der Waals surface area contributed by atoms with Gasteiger partial charge in [0.25, 0.3) is 5.56 Å². The number of nitrogens with zero attached hydrogens (tertiary/aromatic N) is 2. The van der Waals surface area contributed by atoms with E-state index in [2.05, 4.69) is 18.2 Å². The van der Waals surface area contributed by atoms with Crippen LogP contribution in [0, 0.1) is 0 Å². The van der Waals surface area contributed by atoms with Gasteiger partial charge in [0.1, 0.15) is 6.61 Å². The molecule has 5 aromatic rings. The van der Waals surface area contributed by atoms with Crippen LogP contribution < -0.4 is 33.8 Å². The van der Waals surface area contributed by atoms with Crippen molar-refractivity contribution in [1.82, 2.24) is 4.57 Å². The first-order valence-electron chi connectivity index (χ1n) is 15.4. The summed E-state index contributed by atoms with van der Waals surface area (Å²) < 4.78 is 25.7. The number of fused-ring (bicyclic) bond motifs is 3. The molecule has 7 rings (SSSR count). The SMILES string of the molecule is CCOc1cc(/C=c2/sc3n(c2=O)[C@H](c2ccc(OC)c(OC)c2)C2=C(N=3)c3ccccc3CC2)ccc1OCc1ccccc1. The Bertz CT molecular complexity index is 2130. The van der Waals surface area contributed by atoms with Gasteiger partial charge >= 0.3 is 0 Å². The van der Waals surface area contributed by atoms with Crippen molar-refractivity contribution < 1.29 is 18.9 Å². The number of hydrogen-bond donors (Lipinski definition) is 0. The molecule has 0 amide bonds. The van der Waals surface area contributed by atoms with E-state index in [-0.39, 0.29) is 11.6 Å². The first kappa shape index (κ1) is 29.6. The largest absolute Gasteiger partial charge is 0.493 e. The summed E-state index contributed by atoms with van der Waals surface area (Å²) in [5.41, 5.74) is 7.26. The van der Waals surface area contributed by atoms with E-state index >= 15 is 0 Å².